The van der Waals surface area contributed by atoms with E-state index in [0.717, 1.165) is 57.4 Å². The van der Waals surface area contributed by atoms with E-state index in [2.05, 4.69) is 5.32 Å². The summed E-state index contributed by atoms with van der Waals surface area (Å²) < 4.78 is 0. The highest BCUT2D eigenvalue weighted by atomic mass is 32.1. The molecule has 1 aromatic heterocycles. The predicted molar refractivity (Wildman–Crippen MR) is 94.1 cm³/mol. The van der Waals surface area contributed by atoms with Gasteiger partial charge in [0, 0.05) is 37.5 Å². The second-order valence-corrected chi connectivity index (χ2v) is 8.13. The summed E-state index contributed by atoms with van der Waals surface area (Å²) in [6, 6.07) is 1.88. The first-order chi connectivity index (χ1) is 11.7. The zero-order valence-electron chi connectivity index (χ0n) is 14.0. The molecule has 3 fully saturated rings. The minimum atomic E-state index is 0.104. The van der Waals surface area contributed by atoms with E-state index in [0.29, 0.717) is 24.4 Å². The van der Waals surface area contributed by atoms with Crippen LogP contribution < -0.4 is 5.32 Å². The molecule has 130 valence electrons. The van der Waals surface area contributed by atoms with Crippen LogP contribution in [0.15, 0.2) is 16.8 Å². The molecule has 3 heterocycles. The number of hydrogen-bond acceptors (Lipinski definition) is 4. The van der Waals surface area contributed by atoms with Crippen molar-refractivity contribution in [3.63, 3.8) is 0 Å². The second-order valence-electron chi connectivity index (χ2n) is 7.35. The third-order valence-electron chi connectivity index (χ3n) is 5.95. The van der Waals surface area contributed by atoms with E-state index in [9.17, 15) is 9.59 Å². The van der Waals surface area contributed by atoms with E-state index in [1.807, 2.05) is 26.6 Å². The molecule has 2 amide bonds. The molecule has 1 aliphatic carbocycles. The Morgan fingerprint density at radius 1 is 1.12 bits per heavy atom. The van der Waals surface area contributed by atoms with Crippen LogP contribution in [0, 0.1) is 11.3 Å². The summed E-state index contributed by atoms with van der Waals surface area (Å²) in [5.74, 6) is 0.673. The monoisotopic (exact) mass is 347 g/mol. The Morgan fingerprint density at radius 2 is 1.88 bits per heavy atom. The van der Waals surface area contributed by atoms with Crippen molar-refractivity contribution in [2.24, 2.45) is 11.3 Å². The van der Waals surface area contributed by atoms with Gasteiger partial charge in [-0.15, -0.1) is 0 Å². The SMILES string of the molecule is O=C(c1ccsc1)N1CCCN(C(=O)C2CC23CCNCC3)CC1. The molecule has 24 heavy (non-hydrogen) atoms. The van der Waals surface area contributed by atoms with Crippen LogP contribution in [0.2, 0.25) is 0 Å². The van der Waals surface area contributed by atoms with Gasteiger partial charge >= 0.3 is 0 Å². The van der Waals surface area contributed by atoms with Crippen molar-refractivity contribution < 1.29 is 9.59 Å². The number of amides is 2. The lowest BCUT2D eigenvalue weighted by atomic mass is 9.91. The Labute approximate surface area is 147 Å². The Hall–Kier alpha value is -1.40. The summed E-state index contributed by atoms with van der Waals surface area (Å²) in [6.45, 7) is 4.97. The fourth-order valence-electron chi connectivity index (χ4n) is 4.30. The van der Waals surface area contributed by atoms with Gasteiger partial charge in [-0.2, -0.15) is 11.3 Å². The van der Waals surface area contributed by atoms with Gasteiger partial charge in [0.15, 0.2) is 0 Å². The molecule has 1 N–H and O–H groups in total. The molecule has 1 unspecified atom stereocenters. The lowest BCUT2D eigenvalue weighted by Gasteiger charge is -2.26. The quantitative estimate of drug-likeness (QED) is 0.888. The third-order valence-corrected chi connectivity index (χ3v) is 6.63. The summed E-state index contributed by atoms with van der Waals surface area (Å²) in [7, 11) is 0. The van der Waals surface area contributed by atoms with Gasteiger partial charge in [0.25, 0.3) is 5.91 Å². The minimum absolute atomic E-state index is 0.104. The van der Waals surface area contributed by atoms with Crippen LogP contribution in [0.1, 0.15) is 36.0 Å². The Bertz CT molecular complexity index is 610. The van der Waals surface area contributed by atoms with Crippen molar-refractivity contribution in [3.8, 4) is 0 Å². The van der Waals surface area contributed by atoms with Gasteiger partial charge in [0.05, 0.1) is 5.56 Å². The van der Waals surface area contributed by atoms with E-state index in [-0.39, 0.29) is 11.8 Å². The first-order valence-electron chi connectivity index (χ1n) is 9.01. The van der Waals surface area contributed by atoms with E-state index in [4.69, 9.17) is 0 Å². The van der Waals surface area contributed by atoms with Gasteiger partial charge < -0.3 is 15.1 Å². The fourth-order valence-corrected chi connectivity index (χ4v) is 4.93. The van der Waals surface area contributed by atoms with Crippen molar-refractivity contribution in [1.29, 1.82) is 0 Å². The first kappa shape index (κ1) is 16.1. The van der Waals surface area contributed by atoms with Gasteiger partial charge in [0.1, 0.15) is 0 Å². The molecule has 0 radical (unpaired) electrons. The number of carbonyl (C=O) groups is 2. The van der Waals surface area contributed by atoms with Crippen molar-refractivity contribution >= 4 is 23.2 Å². The van der Waals surface area contributed by atoms with Crippen LogP contribution in [0.3, 0.4) is 0 Å². The molecule has 1 aromatic rings. The largest absolute Gasteiger partial charge is 0.341 e. The van der Waals surface area contributed by atoms with Crippen molar-refractivity contribution in [1.82, 2.24) is 15.1 Å². The normalized spacial score (nSPS) is 26.2. The van der Waals surface area contributed by atoms with Crippen LogP contribution >= 0.6 is 11.3 Å². The van der Waals surface area contributed by atoms with Crippen LogP contribution in [0.5, 0.6) is 0 Å². The number of nitrogens with zero attached hydrogens (tertiary/aromatic N) is 2. The van der Waals surface area contributed by atoms with Gasteiger partial charge in [0.2, 0.25) is 5.91 Å². The van der Waals surface area contributed by atoms with Crippen molar-refractivity contribution in [2.45, 2.75) is 25.7 Å². The standard InChI is InChI=1S/C18H25N3O2S/c22-16(14-2-11-24-13-14)20-7-1-8-21(10-9-20)17(23)15-12-18(15)3-5-19-6-4-18/h2,11,13,15,19H,1,3-10,12H2. The van der Waals surface area contributed by atoms with Gasteiger partial charge in [-0.25, -0.2) is 0 Å². The maximum Gasteiger partial charge on any atom is 0.254 e. The van der Waals surface area contributed by atoms with E-state index in [1.165, 1.54) is 0 Å². The topological polar surface area (TPSA) is 52.7 Å². The average Bonchev–Trinajstić information content (AvgIpc) is 3.10. The predicted octanol–water partition coefficient (Wildman–Crippen LogP) is 1.81. The smallest absolute Gasteiger partial charge is 0.254 e. The number of rotatable bonds is 2. The fraction of sp³-hybridized carbons (Fsp3) is 0.667. The highest BCUT2D eigenvalue weighted by molar-refractivity contribution is 7.08. The Balaban J connectivity index is 1.35. The summed E-state index contributed by atoms with van der Waals surface area (Å²) >= 11 is 1.55. The Kier molecular flexibility index (Phi) is 4.35. The van der Waals surface area contributed by atoms with Gasteiger partial charge in [-0.3, -0.25) is 9.59 Å². The third kappa shape index (κ3) is 2.97. The summed E-state index contributed by atoms with van der Waals surface area (Å²) in [6.07, 6.45) is 4.23. The molecule has 0 bridgehead atoms. The molecular weight excluding hydrogens is 322 g/mol. The number of carbonyl (C=O) groups excluding carboxylic acids is 2. The summed E-state index contributed by atoms with van der Waals surface area (Å²) in [4.78, 5) is 29.3. The van der Waals surface area contributed by atoms with Crippen molar-refractivity contribution in [2.75, 3.05) is 39.3 Å². The summed E-state index contributed by atoms with van der Waals surface area (Å²) in [5.41, 5.74) is 1.07. The number of nitrogens with one attached hydrogen (secondary N) is 1. The van der Waals surface area contributed by atoms with Crippen LogP contribution in [0.25, 0.3) is 0 Å². The maximum absolute atomic E-state index is 12.9. The highest BCUT2D eigenvalue weighted by Crippen LogP contribution is 2.59. The molecule has 2 aliphatic heterocycles. The highest BCUT2D eigenvalue weighted by Gasteiger charge is 2.58. The molecule has 4 rings (SSSR count). The number of piperidine rings is 1. The Morgan fingerprint density at radius 3 is 2.62 bits per heavy atom. The second kappa shape index (κ2) is 6.48. The van der Waals surface area contributed by atoms with Crippen LogP contribution in [-0.2, 0) is 4.79 Å². The first-order valence-corrected chi connectivity index (χ1v) is 9.95. The molecule has 1 saturated carbocycles. The van der Waals surface area contributed by atoms with Gasteiger partial charge in [-0.05, 0) is 55.6 Å². The molecule has 1 atom stereocenters. The van der Waals surface area contributed by atoms with Crippen molar-refractivity contribution in [3.05, 3.63) is 22.4 Å². The minimum Gasteiger partial charge on any atom is -0.341 e. The maximum atomic E-state index is 12.9. The molecule has 1 spiro atoms. The molecule has 5 nitrogen and oxygen atoms in total. The van der Waals surface area contributed by atoms with E-state index < -0.39 is 0 Å². The molecule has 2 saturated heterocycles. The van der Waals surface area contributed by atoms with E-state index in [1.54, 1.807) is 11.3 Å². The van der Waals surface area contributed by atoms with Crippen LogP contribution in [0.4, 0.5) is 0 Å². The number of hydrogen-bond donors (Lipinski definition) is 1. The molecular formula is C18H25N3O2S. The lowest BCUT2D eigenvalue weighted by molar-refractivity contribution is -0.133. The van der Waals surface area contributed by atoms with E-state index >= 15 is 0 Å². The number of thiophene rings is 1. The average molecular weight is 347 g/mol. The van der Waals surface area contributed by atoms with Gasteiger partial charge in [-0.1, -0.05) is 0 Å². The zero-order chi connectivity index (χ0) is 16.6. The zero-order valence-corrected chi connectivity index (χ0v) is 14.8. The molecule has 3 aliphatic rings. The van der Waals surface area contributed by atoms with Crippen LogP contribution in [-0.4, -0.2) is 60.9 Å². The molecule has 6 heteroatoms. The lowest BCUT2D eigenvalue weighted by Crippen LogP contribution is -2.39. The summed E-state index contributed by atoms with van der Waals surface area (Å²) in [5, 5.41) is 7.23. The molecule has 0 aromatic carbocycles.